The second kappa shape index (κ2) is 8.14. The van der Waals surface area contributed by atoms with Gasteiger partial charge < -0.3 is 9.47 Å². The first kappa shape index (κ1) is 17.7. The summed E-state index contributed by atoms with van der Waals surface area (Å²) in [6.45, 7) is 5.87. The molecule has 2 N–H and O–H groups in total. The minimum absolute atomic E-state index is 0.146. The molecule has 1 amide bonds. The maximum atomic E-state index is 11.8. The average Bonchev–Trinajstić information content (AvgIpc) is 2.41. The molecule has 116 valence electrons. The van der Waals surface area contributed by atoms with E-state index in [0.717, 1.165) is 5.56 Å². The van der Waals surface area contributed by atoms with Gasteiger partial charge in [0.1, 0.15) is 23.6 Å². The van der Waals surface area contributed by atoms with E-state index < -0.39 is 16.5 Å². The van der Waals surface area contributed by atoms with E-state index in [1.165, 1.54) is 5.32 Å². The number of amides is 1. The molecule has 0 heterocycles. The number of quaternary nitrogens is 1. The maximum absolute atomic E-state index is 11.8. The second-order valence-corrected chi connectivity index (χ2v) is 6.38. The van der Waals surface area contributed by atoms with Crippen LogP contribution in [-0.2, 0) is 14.3 Å². The van der Waals surface area contributed by atoms with Gasteiger partial charge in [-0.15, -0.1) is 0 Å². The van der Waals surface area contributed by atoms with Crippen LogP contribution in [0.2, 0.25) is 0 Å². The lowest BCUT2D eigenvalue weighted by Gasteiger charge is -2.17. The molecule has 0 aliphatic heterocycles. The Kier molecular flexibility index (Phi) is 6.84. The molecule has 1 aromatic rings. The number of carbonyl (C=O) groups excluding carboxylic acids is 2. The van der Waals surface area contributed by atoms with E-state index in [-0.39, 0.29) is 12.6 Å². The van der Waals surface area contributed by atoms with Gasteiger partial charge in [-0.05, 0) is 26.3 Å². The molecular formula is C15H21BrNO4+. The number of benzene rings is 1. The minimum Gasteiger partial charge on any atom is -0.459 e. The summed E-state index contributed by atoms with van der Waals surface area (Å²) in [5, 5.41) is 1.38. The predicted octanol–water partition coefficient (Wildman–Crippen LogP) is 2.16. The van der Waals surface area contributed by atoms with Crippen molar-refractivity contribution in [1.29, 1.82) is 0 Å². The molecular weight excluding hydrogens is 338 g/mol. The molecule has 1 aromatic carbocycles. The third-order valence-electron chi connectivity index (χ3n) is 2.38. The Labute approximate surface area is 133 Å². The van der Waals surface area contributed by atoms with Gasteiger partial charge in [-0.3, -0.25) is 4.79 Å². The second-order valence-electron chi connectivity index (χ2n) is 5.47. The zero-order chi connectivity index (χ0) is 15.9. The molecule has 0 aliphatic carbocycles. The van der Waals surface area contributed by atoms with Crippen molar-refractivity contribution in [3.63, 3.8) is 0 Å². The highest BCUT2D eigenvalue weighted by Gasteiger charge is 2.20. The number of halogens is 1. The van der Waals surface area contributed by atoms with Crippen LogP contribution in [0.25, 0.3) is 0 Å². The van der Waals surface area contributed by atoms with E-state index in [9.17, 15) is 9.59 Å². The first-order valence-corrected chi connectivity index (χ1v) is 7.63. The molecule has 0 aliphatic rings. The molecule has 0 aromatic heterocycles. The van der Waals surface area contributed by atoms with E-state index in [4.69, 9.17) is 9.47 Å². The maximum Gasteiger partial charge on any atom is 0.513 e. The van der Waals surface area contributed by atoms with E-state index in [1.807, 2.05) is 30.3 Å². The Balaban J connectivity index is 2.27. The molecule has 0 bridgehead atoms. The summed E-state index contributed by atoms with van der Waals surface area (Å²) in [6.07, 6.45) is -0.406. The average molecular weight is 359 g/mol. The highest BCUT2D eigenvalue weighted by Crippen LogP contribution is 2.23. The summed E-state index contributed by atoms with van der Waals surface area (Å²) >= 11 is 3.30. The third kappa shape index (κ3) is 7.24. The SMILES string of the molecule is CC(C)(C)OC(=O)[NH2+]CCOC(=O)C(Br)c1ccccc1. The first-order valence-electron chi connectivity index (χ1n) is 6.71. The first-order chi connectivity index (χ1) is 9.79. The Hall–Kier alpha value is -1.40. The fraction of sp³-hybridized carbons (Fsp3) is 0.467. The molecule has 0 fully saturated rings. The van der Waals surface area contributed by atoms with Crippen LogP contribution in [0.4, 0.5) is 4.79 Å². The van der Waals surface area contributed by atoms with E-state index in [0.29, 0.717) is 6.54 Å². The third-order valence-corrected chi connectivity index (χ3v) is 3.28. The molecule has 0 spiro atoms. The fourth-order valence-corrected chi connectivity index (χ4v) is 1.95. The number of esters is 1. The van der Waals surface area contributed by atoms with Crippen molar-refractivity contribution in [2.75, 3.05) is 13.2 Å². The lowest BCUT2D eigenvalue weighted by Crippen LogP contribution is -2.89. The lowest BCUT2D eigenvalue weighted by atomic mass is 10.1. The molecule has 1 rings (SSSR count). The topological polar surface area (TPSA) is 69.2 Å². The zero-order valence-electron chi connectivity index (χ0n) is 12.5. The van der Waals surface area contributed by atoms with Crippen LogP contribution in [-0.4, -0.2) is 30.8 Å². The van der Waals surface area contributed by atoms with Crippen LogP contribution in [0, 0.1) is 0 Å². The van der Waals surface area contributed by atoms with Crippen molar-refractivity contribution < 1.29 is 24.4 Å². The Morgan fingerprint density at radius 2 is 1.86 bits per heavy atom. The lowest BCUT2D eigenvalue weighted by molar-refractivity contribution is -0.574. The van der Waals surface area contributed by atoms with Crippen LogP contribution in [0.15, 0.2) is 30.3 Å². The molecule has 1 atom stereocenters. The van der Waals surface area contributed by atoms with E-state index in [1.54, 1.807) is 20.8 Å². The monoisotopic (exact) mass is 358 g/mol. The Morgan fingerprint density at radius 3 is 2.43 bits per heavy atom. The number of hydrogen-bond acceptors (Lipinski definition) is 4. The zero-order valence-corrected chi connectivity index (χ0v) is 14.1. The quantitative estimate of drug-likeness (QED) is 0.497. The molecule has 0 saturated heterocycles. The van der Waals surface area contributed by atoms with E-state index >= 15 is 0 Å². The summed E-state index contributed by atoms with van der Waals surface area (Å²) in [7, 11) is 0. The van der Waals surface area contributed by atoms with Gasteiger partial charge >= 0.3 is 12.1 Å². The minimum atomic E-state index is -0.515. The highest BCUT2D eigenvalue weighted by molar-refractivity contribution is 9.09. The van der Waals surface area contributed by atoms with Crippen molar-refractivity contribution >= 4 is 28.0 Å². The molecule has 5 nitrogen and oxygen atoms in total. The number of hydrogen-bond donors (Lipinski definition) is 1. The summed E-state index contributed by atoms with van der Waals surface area (Å²) in [5.41, 5.74) is 0.317. The van der Waals surface area contributed by atoms with Gasteiger partial charge in [0.15, 0.2) is 0 Å². The number of primary amides is 1. The van der Waals surface area contributed by atoms with Gasteiger partial charge in [-0.25, -0.2) is 5.32 Å². The largest absolute Gasteiger partial charge is 0.513 e. The van der Waals surface area contributed by atoms with Crippen LogP contribution in [0.3, 0.4) is 0 Å². The van der Waals surface area contributed by atoms with Crippen LogP contribution >= 0.6 is 15.9 Å². The normalized spacial score (nSPS) is 12.6. The van der Waals surface area contributed by atoms with Gasteiger partial charge in [-0.1, -0.05) is 46.3 Å². The summed E-state index contributed by atoms with van der Waals surface area (Å²) in [4.78, 5) is 22.7. The Morgan fingerprint density at radius 1 is 1.24 bits per heavy atom. The highest BCUT2D eigenvalue weighted by atomic mass is 79.9. The summed E-state index contributed by atoms with van der Waals surface area (Å²) in [5.74, 6) is -0.376. The number of nitrogens with two attached hydrogens (primary N) is 1. The molecule has 0 radical (unpaired) electrons. The summed E-state index contributed by atoms with van der Waals surface area (Å²) in [6, 6.07) is 9.27. The van der Waals surface area contributed by atoms with Gasteiger partial charge in [0.2, 0.25) is 0 Å². The fourth-order valence-electron chi connectivity index (χ4n) is 1.51. The number of carbonyl (C=O) groups is 2. The van der Waals surface area contributed by atoms with Crippen molar-refractivity contribution in [1.82, 2.24) is 0 Å². The van der Waals surface area contributed by atoms with Crippen molar-refractivity contribution in [2.45, 2.75) is 31.2 Å². The number of alkyl halides is 1. The molecule has 6 heteroatoms. The van der Waals surface area contributed by atoms with Gasteiger partial charge in [-0.2, -0.15) is 4.79 Å². The number of ether oxygens (including phenoxy) is 2. The summed E-state index contributed by atoms with van der Waals surface area (Å²) < 4.78 is 10.2. The van der Waals surface area contributed by atoms with Crippen LogP contribution in [0.5, 0.6) is 0 Å². The van der Waals surface area contributed by atoms with Gasteiger partial charge in [0.05, 0.1) is 0 Å². The molecule has 0 saturated carbocycles. The van der Waals surface area contributed by atoms with Crippen molar-refractivity contribution in [3.8, 4) is 0 Å². The van der Waals surface area contributed by atoms with Gasteiger partial charge in [0.25, 0.3) is 0 Å². The predicted molar refractivity (Wildman–Crippen MR) is 82.1 cm³/mol. The van der Waals surface area contributed by atoms with E-state index in [2.05, 4.69) is 15.9 Å². The van der Waals surface area contributed by atoms with Crippen LogP contribution < -0.4 is 5.32 Å². The number of rotatable bonds is 5. The van der Waals surface area contributed by atoms with Crippen molar-refractivity contribution in [2.24, 2.45) is 0 Å². The molecule has 21 heavy (non-hydrogen) atoms. The Bertz CT molecular complexity index is 470. The smallest absolute Gasteiger partial charge is 0.459 e. The van der Waals surface area contributed by atoms with Crippen molar-refractivity contribution in [3.05, 3.63) is 35.9 Å². The van der Waals surface area contributed by atoms with Gasteiger partial charge in [0, 0.05) is 0 Å². The molecule has 1 unspecified atom stereocenters. The standard InChI is InChI=1S/C15H20BrNO4/c1-15(2,3)21-14(19)17-9-10-20-13(18)12(16)11-7-5-4-6-8-11/h4-8,12H,9-10H2,1-3H3,(H,17,19)/p+1. The van der Waals surface area contributed by atoms with Crippen LogP contribution in [0.1, 0.15) is 31.2 Å².